The van der Waals surface area contributed by atoms with Crippen molar-refractivity contribution in [2.45, 2.75) is 26.8 Å². The van der Waals surface area contributed by atoms with E-state index in [0.29, 0.717) is 18.1 Å². The highest BCUT2D eigenvalue weighted by atomic mass is 19.1. The first-order chi connectivity index (χ1) is 10.9. The Morgan fingerprint density at radius 2 is 2.13 bits per heavy atom. The largest absolute Gasteiger partial charge is 0.384 e. The van der Waals surface area contributed by atoms with Crippen molar-refractivity contribution >= 4 is 11.6 Å². The molecule has 0 aliphatic heterocycles. The van der Waals surface area contributed by atoms with Crippen LogP contribution in [0.25, 0.3) is 11.4 Å². The molecule has 2 rings (SSSR count). The van der Waals surface area contributed by atoms with E-state index in [9.17, 15) is 9.18 Å². The van der Waals surface area contributed by atoms with Gasteiger partial charge in [-0.3, -0.25) is 4.79 Å². The van der Waals surface area contributed by atoms with Crippen LogP contribution in [0.2, 0.25) is 0 Å². The van der Waals surface area contributed by atoms with Crippen LogP contribution in [0.15, 0.2) is 18.2 Å². The minimum Gasteiger partial charge on any atom is -0.384 e. The third kappa shape index (κ3) is 3.89. The molecular weight excluding hydrogens is 301 g/mol. The van der Waals surface area contributed by atoms with Gasteiger partial charge in [0.2, 0.25) is 5.91 Å². The van der Waals surface area contributed by atoms with E-state index in [1.807, 2.05) is 13.8 Å². The number of aromatic nitrogens is 4. The zero-order valence-electron chi connectivity index (χ0n) is 13.6. The van der Waals surface area contributed by atoms with Crippen LogP contribution in [0.3, 0.4) is 0 Å². The SMILES string of the molecule is COC[C@H](C)C(=O)Nc1ccc(-c2nnnn2C(C)C)c(F)c1. The number of carbonyl (C=O) groups is 1. The number of methoxy groups -OCH3 is 1. The first-order valence-electron chi connectivity index (χ1n) is 7.31. The van der Waals surface area contributed by atoms with E-state index < -0.39 is 5.82 Å². The summed E-state index contributed by atoms with van der Waals surface area (Å²) in [5.74, 6) is -0.705. The number of halogens is 1. The molecule has 0 bridgehead atoms. The Bertz CT molecular complexity index is 686. The minimum absolute atomic E-state index is 0.00803. The molecule has 0 saturated carbocycles. The molecule has 1 aromatic carbocycles. The van der Waals surface area contributed by atoms with Crippen molar-refractivity contribution in [2.75, 3.05) is 19.0 Å². The number of benzene rings is 1. The lowest BCUT2D eigenvalue weighted by molar-refractivity contribution is -0.120. The Morgan fingerprint density at radius 1 is 1.39 bits per heavy atom. The maximum absolute atomic E-state index is 14.4. The molecule has 1 aromatic heterocycles. The number of rotatable bonds is 6. The van der Waals surface area contributed by atoms with Gasteiger partial charge in [0.15, 0.2) is 5.82 Å². The summed E-state index contributed by atoms with van der Waals surface area (Å²) in [6.07, 6.45) is 0. The second kappa shape index (κ2) is 7.28. The third-order valence-electron chi connectivity index (χ3n) is 3.32. The van der Waals surface area contributed by atoms with Crippen LogP contribution < -0.4 is 5.32 Å². The van der Waals surface area contributed by atoms with Gasteiger partial charge >= 0.3 is 0 Å². The molecule has 124 valence electrons. The number of anilines is 1. The zero-order chi connectivity index (χ0) is 17.0. The minimum atomic E-state index is -0.501. The van der Waals surface area contributed by atoms with Crippen molar-refractivity contribution in [1.29, 1.82) is 0 Å². The van der Waals surface area contributed by atoms with Crippen molar-refractivity contribution in [3.8, 4) is 11.4 Å². The molecule has 0 fully saturated rings. The van der Waals surface area contributed by atoms with Gasteiger partial charge in [-0.2, -0.15) is 0 Å². The number of carbonyl (C=O) groups excluding carboxylic acids is 1. The van der Waals surface area contributed by atoms with Crippen LogP contribution in [0.1, 0.15) is 26.8 Å². The van der Waals surface area contributed by atoms with Crippen molar-refractivity contribution in [3.05, 3.63) is 24.0 Å². The number of amides is 1. The summed E-state index contributed by atoms with van der Waals surface area (Å²) in [5.41, 5.74) is 0.661. The van der Waals surface area contributed by atoms with E-state index in [-0.39, 0.29) is 23.4 Å². The van der Waals surface area contributed by atoms with Crippen molar-refractivity contribution in [2.24, 2.45) is 5.92 Å². The van der Waals surface area contributed by atoms with Crippen LogP contribution in [-0.4, -0.2) is 39.8 Å². The fourth-order valence-corrected chi connectivity index (χ4v) is 2.08. The predicted octanol–water partition coefficient (Wildman–Crippen LogP) is 2.28. The molecule has 0 radical (unpaired) electrons. The Kier molecular flexibility index (Phi) is 5.38. The van der Waals surface area contributed by atoms with E-state index in [0.717, 1.165) is 0 Å². The Morgan fingerprint density at radius 3 is 2.74 bits per heavy atom. The van der Waals surface area contributed by atoms with Crippen LogP contribution >= 0.6 is 0 Å². The van der Waals surface area contributed by atoms with E-state index in [1.165, 1.54) is 17.9 Å². The Balaban J connectivity index is 2.21. The maximum atomic E-state index is 14.4. The lowest BCUT2D eigenvalue weighted by Crippen LogP contribution is -2.23. The lowest BCUT2D eigenvalue weighted by Gasteiger charge is -2.12. The quantitative estimate of drug-likeness (QED) is 0.882. The fraction of sp³-hybridized carbons (Fsp3) is 0.467. The van der Waals surface area contributed by atoms with Gasteiger partial charge in [-0.05, 0) is 42.5 Å². The van der Waals surface area contributed by atoms with Gasteiger partial charge in [-0.1, -0.05) is 6.92 Å². The summed E-state index contributed by atoms with van der Waals surface area (Å²) in [7, 11) is 1.52. The van der Waals surface area contributed by atoms with Crippen molar-refractivity contribution < 1.29 is 13.9 Å². The van der Waals surface area contributed by atoms with Gasteiger partial charge < -0.3 is 10.1 Å². The van der Waals surface area contributed by atoms with Crippen molar-refractivity contribution in [1.82, 2.24) is 20.2 Å². The topological polar surface area (TPSA) is 81.9 Å². The van der Waals surface area contributed by atoms with Gasteiger partial charge in [0.25, 0.3) is 0 Å². The molecule has 0 spiro atoms. The molecule has 1 amide bonds. The summed E-state index contributed by atoms with van der Waals surface area (Å²) in [5, 5.41) is 14.0. The van der Waals surface area contributed by atoms with E-state index >= 15 is 0 Å². The second-order valence-electron chi connectivity index (χ2n) is 5.58. The van der Waals surface area contributed by atoms with Crippen LogP contribution in [0, 0.1) is 11.7 Å². The van der Waals surface area contributed by atoms with Gasteiger partial charge in [0.1, 0.15) is 5.82 Å². The normalized spacial score (nSPS) is 12.4. The predicted molar refractivity (Wildman–Crippen MR) is 83.3 cm³/mol. The van der Waals surface area contributed by atoms with Gasteiger partial charge in [0, 0.05) is 12.8 Å². The monoisotopic (exact) mass is 321 g/mol. The van der Waals surface area contributed by atoms with E-state index in [1.54, 1.807) is 19.1 Å². The molecule has 2 aromatic rings. The number of hydrogen-bond donors (Lipinski definition) is 1. The Labute approximate surface area is 133 Å². The highest BCUT2D eigenvalue weighted by Crippen LogP contribution is 2.25. The third-order valence-corrected chi connectivity index (χ3v) is 3.32. The number of tetrazole rings is 1. The fourth-order valence-electron chi connectivity index (χ4n) is 2.08. The maximum Gasteiger partial charge on any atom is 0.229 e. The summed E-state index contributed by atoms with van der Waals surface area (Å²) >= 11 is 0. The smallest absolute Gasteiger partial charge is 0.229 e. The van der Waals surface area contributed by atoms with Gasteiger partial charge in [-0.15, -0.1) is 5.10 Å². The lowest BCUT2D eigenvalue weighted by atomic mass is 10.1. The molecule has 1 N–H and O–H groups in total. The molecular formula is C15H20FN5O2. The molecule has 23 heavy (non-hydrogen) atoms. The van der Waals surface area contributed by atoms with Crippen molar-refractivity contribution in [3.63, 3.8) is 0 Å². The molecule has 0 aliphatic rings. The van der Waals surface area contributed by atoms with Crippen LogP contribution in [-0.2, 0) is 9.53 Å². The van der Waals surface area contributed by atoms with Gasteiger partial charge in [0.05, 0.1) is 24.1 Å². The molecule has 7 nitrogen and oxygen atoms in total. The highest BCUT2D eigenvalue weighted by Gasteiger charge is 2.17. The number of ether oxygens (including phenoxy) is 1. The van der Waals surface area contributed by atoms with Crippen LogP contribution in [0.4, 0.5) is 10.1 Å². The molecule has 0 saturated heterocycles. The standard InChI is InChI=1S/C15H20FN5O2/c1-9(2)21-14(18-19-20-21)12-6-5-11(7-13(12)16)17-15(22)10(3)8-23-4/h5-7,9-10H,8H2,1-4H3,(H,17,22)/t10-/m0/s1. The van der Waals surface area contributed by atoms with Crippen LogP contribution in [0.5, 0.6) is 0 Å². The molecule has 1 atom stereocenters. The summed E-state index contributed by atoms with van der Waals surface area (Å²) in [4.78, 5) is 11.9. The van der Waals surface area contributed by atoms with E-state index in [4.69, 9.17) is 4.74 Å². The number of nitrogens with zero attached hydrogens (tertiary/aromatic N) is 4. The number of hydrogen-bond acceptors (Lipinski definition) is 5. The molecule has 0 unspecified atom stereocenters. The van der Waals surface area contributed by atoms with E-state index in [2.05, 4.69) is 20.8 Å². The second-order valence-corrected chi connectivity index (χ2v) is 5.58. The zero-order valence-corrected chi connectivity index (χ0v) is 13.6. The highest BCUT2D eigenvalue weighted by molar-refractivity contribution is 5.92. The van der Waals surface area contributed by atoms with Gasteiger partial charge in [-0.25, -0.2) is 9.07 Å². The first-order valence-corrected chi connectivity index (χ1v) is 7.31. The summed E-state index contributed by atoms with van der Waals surface area (Å²) in [6, 6.07) is 4.44. The summed E-state index contributed by atoms with van der Waals surface area (Å²) < 4.78 is 20.8. The first kappa shape index (κ1) is 17.0. The molecule has 0 aliphatic carbocycles. The summed E-state index contributed by atoms with van der Waals surface area (Å²) in [6.45, 7) is 5.85. The molecule has 8 heteroatoms. The number of nitrogens with one attached hydrogen (secondary N) is 1. The Hall–Kier alpha value is -2.35. The molecule has 1 heterocycles. The average molecular weight is 321 g/mol. The average Bonchev–Trinajstić information content (AvgIpc) is 2.97.